The van der Waals surface area contributed by atoms with E-state index in [1.807, 2.05) is 12.1 Å². The van der Waals surface area contributed by atoms with E-state index >= 15 is 0 Å². The summed E-state index contributed by atoms with van der Waals surface area (Å²) in [5.74, 6) is 1.93. The molecule has 0 spiro atoms. The lowest BCUT2D eigenvalue weighted by atomic mass is 9.84. The summed E-state index contributed by atoms with van der Waals surface area (Å²) in [5, 5.41) is 3.99. The van der Waals surface area contributed by atoms with Crippen LogP contribution in [0.1, 0.15) is 68.6 Å². The third-order valence-corrected chi connectivity index (χ3v) is 8.18. The van der Waals surface area contributed by atoms with Crippen LogP contribution in [0.4, 0.5) is 0 Å². The number of benzene rings is 1. The molecule has 0 amide bonds. The van der Waals surface area contributed by atoms with Crippen LogP contribution in [0, 0.1) is 0 Å². The number of aromatic nitrogens is 2. The van der Waals surface area contributed by atoms with Crippen molar-refractivity contribution in [3.05, 3.63) is 41.5 Å². The summed E-state index contributed by atoms with van der Waals surface area (Å²) in [6.45, 7) is 4.92. The lowest BCUT2D eigenvalue weighted by Gasteiger charge is -2.33. The van der Waals surface area contributed by atoms with Crippen molar-refractivity contribution in [2.75, 3.05) is 26.2 Å². The zero-order valence-electron chi connectivity index (χ0n) is 17.8. The topological polar surface area (TPSA) is 79.5 Å². The van der Waals surface area contributed by atoms with Crippen molar-refractivity contribution >= 4 is 10.0 Å². The standard InChI is InChI=1S/C22H32N4O3S/c1-2-6-21-23-22(29-24-21)17-25-13-15-26(16-14-25)30(27,28)20-11-9-19(10-12-20)18-7-4-3-5-8-18/h9-12,18H,2-8,13-17H2,1H3. The number of sulfonamides is 1. The van der Waals surface area contributed by atoms with Gasteiger partial charge in [-0.15, -0.1) is 0 Å². The number of aryl methyl sites for hydroxylation is 1. The molecule has 1 aromatic heterocycles. The van der Waals surface area contributed by atoms with Crippen LogP contribution in [0.2, 0.25) is 0 Å². The minimum absolute atomic E-state index is 0.400. The van der Waals surface area contributed by atoms with Crippen molar-refractivity contribution in [2.24, 2.45) is 0 Å². The zero-order valence-corrected chi connectivity index (χ0v) is 18.6. The fourth-order valence-corrected chi connectivity index (χ4v) is 5.92. The van der Waals surface area contributed by atoms with Crippen LogP contribution in [0.3, 0.4) is 0 Å². The van der Waals surface area contributed by atoms with Gasteiger partial charge in [-0.05, 0) is 42.9 Å². The molecule has 8 heteroatoms. The number of hydrogen-bond donors (Lipinski definition) is 0. The van der Waals surface area contributed by atoms with E-state index in [1.165, 1.54) is 37.7 Å². The van der Waals surface area contributed by atoms with Gasteiger partial charge in [-0.3, -0.25) is 4.90 Å². The van der Waals surface area contributed by atoms with E-state index in [1.54, 1.807) is 16.4 Å². The molecule has 1 aliphatic carbocycles. The third-order valence-electron chi connectivity index (χ3n) is 6.27. The summed E-state index contributed by atoms with van der Waals surface area (Å²) in [5.41, 5.74) is 1.28. The third kappa shape index (κ3) is 4.92. The maximum atomic E-state index is 13.1. The van der Waals surface area contributed by atoms with E-state index in [0.717, 1.165) is 18.7 Å². The molecule has 0 unspecified atom stereocenters. The summed E-state index contributed by atoms with van der Waals surface area (Å²) in [6.07, 6.45) is 8.10. The maximum Gasteiger partial charge on any atom is 0.243 e. The normalized spacial score (nSPS) is 19.9. The molecular formula is C22H32N4O3S. The second kappa shape index (κ2) is 9.58. The van der Waals surface area contributed by atoms with E-state index in [-0.39, 0.29) is 0 Å². The average Bonchev–Trinajstić information content (AvgIpc) is 3.22. The SMILES string of the molecule is CCCc1noc(CN2CCN(S(=O)(=O)c3ccc(C4CCCCC4)cc3)CC2)n1. The lowest BCUT2D eigenvalue weighted by Crippen LogP contribution is -2.48. The van der Waals surface area contributed by atoms with Crippen LogP contribution in [0.15, 0.2) is 33.7 Å². The Kier molecular flexibility index (Phi) is 6.85. The average molecular weight is 433 g/mol. The monoisotopic (exact) mass is 432 g/mol. The van der Waals surface area contributed by atoms with E-state index < -0.39 is 10.0 Å². The van der Waals surface area contributed by atoms with Gasteiger partial charge in [-0.1, -0.05) is 43.5 Å². The highest BCUT2D eigenvalue weighted by atomic mass is 32.2. The maximum absolute atomic E-state index is 13.1. The predicted octanol–water partition coefficient (Wildman–Crippen LogP) is 3.58. The second-order valence-corrected chi connectivity index (χ2v) is 10.4. The van der Waals surface area contributed by atoms with Gasteiger partial charge < -0.3 is 4.52 Å². The van der Waals surface area contributed by atoms with Crippen LogP contribution in [0.5, 0.6) is 0 Å². The minimum Gasteiger partial charge on any atom is -0.338 e. The van der Waals surface area contributed by atoms with Crippen LogP contribution in [-0.2, 0) is 23.0 Å². The van der Waals surface area contributed by atoms with E-state index in [4.69, 9.17) is 4.52 Å². The highest BCUT2D eigenvalue weighted by Crippen LogP contribution is 2.33. The largest absolute Gasteiger partial charge is 0.338 e. The smallest absolute Gasteiger partial charge is 0.243 e. The van der Waals surface area contributed by atoms with E-state index in [2.05, 4.69) is 22.0 Å². The highest BCUT2D eigenvalue weighted by Gasteiger charge is 2.29. The molecule has 2 aliphatic rings. The first-order valence-electron chi connectivity index (χ1n) is 11.2. The molecule has 0 N–H and O–H groups in total. The summed E-state index contributed by atoms with van der Waals surface area (Å²) in [6, 6.07) is 7.61. The number of rotatable bonds is 7. The van der Waals surface area contributed by atoms with E-state index in [9.17, 15) is 8.42 Å². The quantitative estimate of drug-likeness (QED) is 0.665. The van der Waals surface area contributed by atoms with Gasteiger partial charge in [0.05, 0.1) is 11.4 Å². The Morgan fingerprint density at radius 2 is 1.73 bits per heavy atom. The summed E-state index contributed by atoms with van der Waals surface area (Å²) in [7, 11) is -3.45. The van der Waals surface area contributed by atoms with Gasteiger partial charge in [-0.25, -0.2) is 8.42 Å². The first kappa shape index (κ1) is 21.5. The Hall–Kier alpha value is -1.77. The van der Waals surface area contributed by atoms with Gasteiger partial charge >= 0.3 is 0 Å². The Balaban J connectivity index is 1.33. The molecule has 4 rings (SSSR count). The predicted molar refractivity (Wildman–Crippen MR) is 115 cm³/mol. The molecule has 30 heavy (non-hydrogen) atoms. The van der Waals surface area contributed by atoms with Crippen LogP contribution >= 0.6 is 0 Å². The summed E-state index contributed by atoms with van der Waals surface area (Å²) >= 11 is 0. The second-order valence-electron chi connectivity index (χ2n) is 8.44. The van der Waals surface area contributed by atoms with Gasteiger partial charge in [-0.2, -0.15) is 9.29 Å². The fraction of sp³-hybridized carbons (Fsp3) is 0.636. The Morgan fingerprint density at radius 3 is 2.40 bits per heavy atom. The Morgan fingerprint density at radius 1 is 1.03 bits per heavy atom. The summed E-state index contributed by atoms with van der Waals surface area (Å²) < 4.78 is 33.1. The van der Waals surface area contributed by atoms with Gasteiger partial charge in [0.1, 0.15) is 0 Å². The molecule has 2 fully saturated rings. The zero-order chi connectivity index (χ0) is 21.0. The molecule has 0 bridgehead atoms. The van der Waals surface area contributed by atoms with Gasteiger partial charge in [0.25, 0.3) is 0 Å². The van der Waals surface area contributed by atoms with Crippen LogP contribution in [-0.4, -0.2) is 53.9 Å². The van der Waals surface area contributed by atoms with Crippen molar-refractivity contribution in [3.8, 4) is 0 Å². The highest BCUT2D eigenvalue weighted by molar-refractivity contribution is 7.89. The molecule has 7 nitrogen and oxygen atoms in total. The van der Waals surface area contributed by atoms with Crippen molar-refractivity contribution in [1.29, 1.82) is 0 Å². The number of nitrogens with zero attached hydrogens (tertiary/aromatic N) is 4. The lowest BCUT2D eigenvalue weighted by molar-refractivity contribution is 0.163. The number of hydrogen-bond acceptors (Lipinski definition) is 6. The summed E-state index contributed by atoms with van der Waals surface area (Å²) in [4.78, 5) is 6.97. The molecular weight excluding hydrogens is 400 g/mol. The van der Waals surface area contributed by atoms with Gasteiger partial charge in [0.2, 0.25) is 15.9 Å². The minimum atomic E-state index is -3.45. The van der Waals surface area contributed by atoms with Crippen molar-refractivity contribution in [3.63, 3.8) is 0 Å². The molecule has 164 valence electrons. The Labute approximate surface area is 179 Å². The molecule has 0 radical (unpaired) electrons. The molecule has 2 heterocycles. The molecule has 2 aromatic rings. The number of piperazine rings is 1. The molecule has 1 aromatic carbocycles. The Bertz CT molecular complexity index is 912. The molecule has 1 saturated carbocycles. The molecule has 0 atom stereocenters. The first-order chi connectivity index (χ1) is 14.6. The fourth-order valence-electron chi connectivity index (χ4n) is 4.50. The van der Waals surface area contributed by atoms with Crippen LogP contribution in [0.25, 0.3) is 0 Å². The molecule has 1 saturated heterocycles. The van der Waals surface area contributed by atoms with E-state index in [0.29, 0.717) is 49.4 Å². The van der Waals surface area contributed by atoms with Crippen molar-refractivity contribution < 1.29 is 12.9 Å². The van der Waals surface area contributed by atoms with Crippen LogP contribution < -0.4 is 0 Å². The molecule has 1 aliphatic heterocycles. The first-order valence-corrected chi connectivity index (χ1v) is 12.6. The van der Waals surface area contributed by atoms with Gasteiger partial charge in [0, 0.05) is 32.6 Å². The van der Waals surface area contributed by atoms with Gasteiger partial charge in [0.15, 0.2) is 5.82 Å². The van der Waals surface area contributed by atoms with Crippen molar-refractivity contribution in [2.45, 2.75) is 69.2 Å². The van der Waals surface area contributed by atoms with Crippen molar-refractivity contribution in [1.82, 2.24) is 19.3 Å².